The molecule has 0 unspecified atom stereocenters. The molecular weight excluding hydrogens is 501 g/mol. The Hall–Kier alpha value is -1.36. The summed E-state index contributed by atoms with van der Waals surface area (Å²) in [5.74, 6) is -0.0269. The third kappa shape index (κ3) is 10.3. The molecule has 0 aromatic heterocycles. The van der Waals surface area contributed by atoms with Crippen LogP contribution in [0.15, 0.2) is 30.3 Å². The van der Waals surface area contributed by atoms with E-state index in [0.29, 0.717) is 19.6 Å². The average Bonchev–Trinajstić information content (AvgIpc) is 3.06. The molecule has 0 N–H and O–H groups in total. The average molecular weight is 547 g/mol. The summed E-state index contributed by atoms with van der Waals surface area (Å²) in [5.41, 5.74) is 0.374. The molecule has 0 aliphatic carbocycles. The molecule has 0 saturated carbocycles. The van der Waals surface area contributed by atoms with Crippen LogP contribution in [-0.4, -0.2) is 68.7 Å². The Morgan fingerprint density at radius 1 is 1.03 bits per heavy atom. The molecule has 1 fully saturated rings. The SMILES string of the molecule is CN(C[C@H]1CN(C(=O)OC(C)(C)C)C[C@H]1O[Si](C)(C)C(C)(C)C)C(=O)OCc1ccccc1.S.S. The minimum Gasteiger partial charge on any atom is -0.445 e. The number of carbonyl (C=O) groups is 2. The number of nitrogens with zero attached hydrogens (tertiary/aromatic N) is 2. The molecule has 1 aliphatic rings. The summed E-state index contributed by atoms with van der Waals surface area (Å²) in [6.07, 6.45) is -0.897. The van der Waals surface area contributed by atoms with E-state index in [1.165, 1.54) is 0 Å². The molecule has 202 valence electrons. The van der Waals surface area contributed by atoms with Crippen molar-refractivity contribution in [2.75, 3.05) is 26.7 Å². The van der Waals surface area contributed by atoms with Crippen LogP contribution in [0.2, 0.25) is 18.1 Å². The van der Waals surface area contributed by atoms with Gasteiger partial charge in [-0.15, -0.1) is 0 Å². The van der Waals surface area contributed by atoms with Gasteiger partial charge in [-0.1, -0.05) is 51.1 Å². The van der Waals surface area contributed by atoms with Crippen LogP contribution in [-0.2, 0) is 20.5 Å². The molecule has 2 rings (SSSR count). The summed E-state index contributed by atoms with van der Waals surface area (Å²) in [4.78, 5) is 28.7. The first-order valence-electron chi connectivity index (χ1n) is 11.7. The number of hydrogen-bond donors (Lipinski definition) is 0. The van der Waals surface area contributed by atoms with Crippen molar-refractivity contribution >= 4 is 47.5 Å². The monoisotopic (exact) mass is 546 g/mol. The second kappa shape index (κ2) is 13.3. The van der Waals surface area contributed by atoms with Crippen LogP contribution in [0.1, 0.15) is 47.1 Å². The minimum absolute atomic E-state index is 0. The molecular formula is C25H46N2O5S2Si. The van der Waals surface area contributed by atoms with Gasteiger partial charge in [-0.25, -0.2) is 9.59 Å². The molecule has 1 aliphatic heterocycles. The van der Waals surface area contributed by atoms with E-state index in [-0.39, 0.29) is 62.8 Å². The standard InChI is InChI=1S/C25H42N2O5Si.2H2S/c1-24(2,3)31-23(29)27-16-20(21(17-27)32-33(8,9)25(4,5)6)15-26(7)22(28)30-18-19-13-11-10-12-14-19;;/h10-14,20-21H,15-18H2,1-9H3;2*1H2/t20-,21+;;/m0../s1. The lowest BCUT2D eigenvalue weighted by Gasteiger charge is -2.39. The molecule has 2 atom stereocenters. The van der Waals surface area contributed by atoms with Crippen molar-refractivity contribution in [2.24, 2.45) is 5.92 Å². The van der Waals surface area contributed by atoms with Crippen molar-refractivity contribution in [3.8, 4) is 0 Å². The molecule has 1 aromatic rings. The highest BCUT2D eigenvalue weighted by atomic mass is 32.1. The van der Waals surface area contributed by atoms with Gasteiger partial charge in [0.25, 0.3) is 0 Å². The maximum absolute atomic E-state index is 12.7. The highest BCUT2D eigenvalue weighted by Crippen LogP contribution is 2.39. The Morgan fingerprint density at radius 3 is 2.11 bits per heavy atom. The molecule has 7 nitrogen and oxygen atoms in total. The van der Waals surface area contributed by atoms with E-state index in [4.69, 9.17) is 13.9 Å². The third-order valence-corrected chi connectivity index (χ3v) is 10.8. The predicted molar refractivity (Wildman–Crippen MR) is 153 cm³/mol. The Morgan fingerprint density at radius 2 is 1.60 bits per heavy atom. The van der Waals surface area contributed by atoms with E-state index in [1.54, 1.807) is 16.8 Å². The van der Waals surface area contributed by atoms with Crippen LogP contribution in [0.3, 0.4) is 0 Å². The molecule has 2 amide bonds. The molecule has 0 radical (unpaired) electrons. The summed E-state index contributed by atoms with van der Waals surface area (Å²) in [6, 6.07) is 9.60. The molecule has 1 heterocycles. The first kappa shape index (κ1) is 33.6. The van der Waals surface area contributed by atoms with Crippen LogP contribution in [0.5, 0.6) is 0 Å². The van der Waals surface area contributed by atoms with Gasteiger partial charge in [0.05, 0.1) is 6.10 Å². The van der Waals surface area contributed by atoms with Gasteiger partial charge >= 0.3 is 12.2 Å². The summed E-state index contributed by atoms with van der Waals surface area (Å²) in [7, 11) is -0.345. The van der Waals surface area contributed by atoms with Gasteiger partial charge in [-0.3, -0.25) is 0 Å². The number of amides is 2. The highest BCUT2D eigenvalue weighted by molar-refractivity contribution is 7.59. The topological polar surface area (TPSA) is 68.3 Å². The number of ether oxygens (including phenoxy) is 2. The number of hydrogen-bond acceptors (Lipinski definition) is 5. The first-order chi connectivity index (χ1) is 15.1. The quantitative estimate of drug-likeness (QED) is 0.426. The fraction of sp³-hybridized carbons (Fsp3) is 0.680. The van der Waals surface area contributed by atoms with Crippen LogP contribution in [0, 0.1) is 5.92 Å². The van der Waals surface area contributed by atoms with Gasteiger partial charge < -0.3 is 23.7 Å². The molecule has 10 heteroatoms. The zero-order valence-electron chi connectivity index (χ0n) is 22.8. The molecule has 0 spiro atoms. The number of likely N-dealkylation sites (tertiary alicyclic amines) is 1. The maximum Gasteiger partial charge on any atom is 0.410 e. The Balaban J connectivity index is 0.00000578. The van der Waals surface area contributed by atoms with Gasteiger partial charge in [0, 0.05) is 32.6 Å². The molecule has 35 heavy (non-hydrogen) atoms. The van der Waals surface area contributed by atoms with Crippen molar-refractivity contribution in [3.05, 3.63) is 35.9 Å². The fourth-order valence-electron chi connectivity index (χ4n) is 3.44. The van der Waals surface area contributed by atoms with Crippen LogP contribution in [0.25, 0.3) is 0 Å². The van der Waals surface area contributed by atoms with Crippen LogP contribution < -0.4 is 0 Å². The van der Waals surface area contributed by atoms with Gasteiger partial charge in [0.15, 0.2) is 8.32 Å². The Kier molecular flexibility index (Phi) is 12.7. The van der Waals surface area contributed by atoms with E-state index >= 15 is 0 Å². The second-order valence-electron chi connectivity index (χ2n) is 11.5. The van der Waals surface area contributed by atoms with Gasteiger partial charge in [-0.2, -0.15) is 27.0 Å². The lowest BCUT2D eigenvalue weighted by Crippen LogP contribution is -2.47. The largest absolute Gasteiger partial charge is 0.445 e. The van der Waals surface area contributed by atoms with E-state index in [2.05, 4.69) is 33.9 Å². The fourth-order valence-corrected chi connectivity index (χ4v) is 4.81. The molecule has 0 bridgehead atoms. The highest BCUT2D eigenvalue weighted by Gasteiger charge is 2.45. The third-order valence-electron chi connectivity index (χ3n) is 6.31. The zero-order chi connectivity index (χ0) is 25.0. The predicted octanol–water partition coefficient (Wildman–Crippen LogP) is 5.74. The lowest BCUT2D eigenvalue weighted by molar-refractivity contribution is 0.0272. The molecule has 1 aromatic carbocycles. The van der Waals surface area contributed by atoms with Crippen LogP contribution >= 0.6 is 27.0 Å². The van der Waals surface area contributed by atoms with Crippen molar-refractivity contribution in [3.63, 3.8) is 0 Å². The lowest BCUT2D eigenvalue weighted by atomic mass is 10.1. The minimum atomic E-state index is -2.07. The second-order valence-corrected chi connectivity index (χ2v) is 16.2. The van der Waals surface area contributed by atoms with E-state index in [0.717, 1.165) is 5.56 Å². The van der Waals surface area contributed by atoms with Crippen molar-refractivity contribution < 1.29 is 23.5 Å². The Bertz CT molecular complexity index is 812. The van der Waals surface area contributed by atoms with Crippen molar-refractivity contribution in [1.82, 2.24) is 9.80 Å². The zero-order valence-corrected chi connectivity index (χ0v) is 25.8. The Labute approximate surface area is 226 Å². The number of carbonyl (C=O) groups excluding carboxylic acids is 2. The summed E-state index contributed by atoms with van der Waals surface area (Å²) in [6.45, 7) is 18.2. The van der Waals surface area contributed by atoms with Gasteiger partial charge in [0.1, 0.15) is 12.2 Å². The van der Waals surface area contributed by atoms with Gasteiger partial charge in [0.2, 0.25) is 0 Å². The van der Waals surface area contributed by atoms with E-state index in [1.807, 2.05) is 51.1 Å². The first-order valence-corrected chi connectivity index (χ1v) is 14.6. The van der Waals surface area contributed by atoms with Crippen molar-refractivity contribution in [2.45, 2.75) is 78.0 Å². The number of benzene rings is 1. The van der Waals surface area contributed by atoms with E-state index < -0.39 is 13.9 Å². The summed E-state index contributed by atoms with van der Waals surface area (Å²) in [5, 5.41) is 0.0391. The summed E-state index contributed by atoms with van der Waals surface area (Å²) >= 11 is 0. The van der Waals surface area contributed by atoms with Crippen LogP contribution in [0.4, 0.5) is 9.59 Å². The normalized spacial score (nSPS) is 18.3. The molecule has 1 saturated heterocycles. The smallest absolute Gasteiger partial charge is 0.410 e. The number of rotatable bonds is 6. The van der Waals surface area contributed by atoms with Crippen molar-refractivity contribution in [1.29, 1.82) is 0 Å². The maximum atomic E-state index is 12.7. The summed E-state index contributed by atoms with van der Waals surface area (Å²) < 4.78 is 17.8. The van der Waals surface area contributed by atoms with E-state index in [9.17, 15) is 9.59 Å². The van der Waals surface area contributed by atoms with Gasteiger partial charge in [-0.05, 0) is 44.5 Å².